The van der Waals surface area contributed by atoms with Crippen LogP contribution in [-0.4, -0.2) is 12.3 Å². The summed E-state index contributed by atoms with van der Waals surface area (Å²) in [5, 5.41) is 0. The van der Waals surface area contributed by atoms with E-state index in [0.717, 1.165) is 17.2 Å². The smallest absolute Gasteiger partial charge is 0.0233 e. The summed E-state index contributed by atoms with van der Waals surface area (Å²) in [6.45, 7) is 12.9. The molecular weight excluding hydrogens is 230 g/mol. The van der Waals surface area contributed by atoms with Gasteiger partial charge in [-0.2, -0.15) is 0 Å². The van der Waals surface area contributed by atoms with Gasteiger partial charge in [-0.05, 0) is 71.0 Å². The molecule has 0 rings (SSSR count). The zero-order valence-electron chi connectivity index (χ0n) is 11.4. The second-order valence-electron chi connectivity index (χ2n) is 5.85. The van der Waals surface area contributed by atoms with Gasteiger partial charge in [0.15, 0.2) is 0 Å². The molecule has 0 N–H and O–H groups in total. The molecule has 0 nitrogen and oxygen atoms in total. The molecule has 0 radical (unpaired) electrons. The zero-order valence-corrected chi connectivity index (χ0v) is 13.4. The summed E-state index contributed by atoms with van der Waals surface area (Å²) < 4.78 is 0. The molecule has 0 fully saturated rings. The Bertz CT molecular complexity index is 273. The SMILES string of the molecule is CC(C)(C)C#CPCCPC#CC(C)(C)C. The lowest BCUT2D eigenvalue weighted by atomic mass is 9.99. The molecule has 0 aromatic carbocycles. The summed E-state index contributed by atoms with van der Waals surface area (Å²) in [6, 6.07) is 0. The molecule has 0 aromatic rings. The van der Waals surface area contributed by atoms with E-state index in [9.17, 15) is 0 Å². The molecule has 0 saturated carbocycles. The Labute approximate surface area is 105 Å². The lowest BCUT2D eigenvalue weighted by Crippen LogP contribution is -1.98. The molecule has 2 unspecified atom stereocenters. The Morgan fingerprint density at radius 3 is 1.25 bits per heavy atom. The molecule has 0 amide bonds. The molecule has 0 saturated heterocycles. The summed E-state index contributed by atoms with van der Waals surface area (Å²) in [6.07, 6.45) is 2.42. The molecule has 2 atom stereocenters. The highest BCUT2D eigenvalue weighted by atomic mass is 31.1. The number of hydrogen-bond donors (Lipinski definition) is 0. The topological polar surface area (TPSA) is 0 Å². The fourth-order valence-corrected chi connectivity index (χ4v) is 2.89. The molecular formula is C14H24P2. The van der Waals surface area contributed by atoms with E-state index in [-0.39, 0.29) is 10.8 Å². The van der Waals surface area contributed by atoms with Gasteiger partial charge in [-0.3, -0.25) is 0 Å². The fourth-order valence-electron chi connectivity index (χ4n) is 0.713. The zero-order chi connectivity index (χ0) is 12.7. The van der Waals surface area contributed by atoms with Crippen molar-refractivity contribution >= 4 is 17.2 Å². The van der Waals surface area contributed by atoms with Crippen LogP contribution in [0.25, 0.3) is 0 Å². The van der Waals surface area contributed by atoms with E-state index in [4.69, 9.17) is 0 Å². The summed E-state index contributed by atoms with van der Waals surface area (Å²) >= 11 is 0. The van der Waals surface area contributed by atoms with Gasteiger partial charge in [0.2, 0.25) is 0 Å². The number of rotatable bonds is 3. The van der Waals surface area contributed by atoms with Crippen LogP contribution in [0.5, 0.6) is 0 Å². The summed E-state index contributed by atoms with van der Waals surface area (Å²) in [5.41, 5.74) is 6.84. The summed E-state index contributed by atoms with van der Waals surface area (Å²) in [4.78, 5) is 0. The average Bonchev–Trinajstić information content (AvgIpc) is 2.06. The van der Waals surface area contributed by atoms with Gasteiger partial charge in [0.25, 0.3) is 0 Å². The van der Waals surface area contributed by atoms with E-state index in [1.807, 2.05) is 0 Å². The monoisotopic (exact) mass is 254 g/mol. The van der Waals surface area contributed by atoms with Crippen LogP contribution in [-0.2, 0) is 0 Å². The van der Waals surface area contributed by atoms with Crippen molar-refractivity contribution in [3.63, 3.8) is 0 Å². The molecule has 0 heterocycles. The van der Waals surface area contributed by atoms with Crippen LogP contribution in [0.15, 0.2) is 0 Å². The van der Waals surface area contributed by atoms with Gasteiger partial charge in [-0.15, -0.1) is 0 Å². The van der Waals surface area contributed by atoms with Crippen molar-refractivity contribution in [2.24, 2.45) is 10.8 Å². The number of hydrogen-bond acceptors (Lipinski definition) is 0. The second kappa shape index (κ2) is 7.33. The van der Waals surface area contributed by atoms with E-state index in [2.05, 4.69) is 64.7 Å². The third-order valence-corrected chi connectivity index (χ3v) is 3.53. The first kappa shape index (κ1) is 16.0. The van der Waals surface area contributed by atoms with Crippen molar-refractivity contribution in [3.8, 4) is 23.2 Å². The third kappa shape index (κ3) is 14.0. The van der Waals surface area contributed by atoms with E-state index in [1.54, 1.807) is 0 Å². The second-order valence-corrected chi connectivity index (χ2v) is 8.06. The van der Waals surface area contributed by atoms with E-state index < -0.39 is 0 Å². The lowest BCUT2D eigenvalue weighted by Gasteiger charge is -2.07. The lowest BCUT2D eigenvalue weighted by molar-refractivity contribution is 0.571. The first-order valence-electron chi connectivity index (χ1n) is 5.71. The van der Waals surface area contributed by atoms with Gasteiger partial charge in [0.05, 0.1) is 0 Å². The van der Waals surface area contributed by atoms with Crippen molar-refractivity contribution < 1.29 is 0 Å². The van der Waals surface area contributed by atoms with Crippen LogP contribution in [0.1, 0.15) is 41.5 Å². The van der Waals surface area contributed by atoms with Gasteiger partial charge in [0, 0.05) is 10.8 Å². The van der Waals surface area contributed by atoms with Crippen molar-refractivity contribution in [1.82, 2.24) is 0 Å². The third-order valence-electron chi connectivity index (χ3n) is 1.43. The molecule has 0 spiro atoms. The molecule has 16 heavy (non-hydrogen) atoms. The molecule has 0 aliphatic heterocycles. The maximum absolute atomic E-state index is 3.27. The quantitative estimate of drug-likeness (QED) is 0.399. The molecule has 0 aliphatic carbocycles. The van der Waals surface area contributed by atoms with E-state index in [0.29, 0.717) is 0 Å². The largest absolute Gasteiger partial charge is 0.0930 e. The maximum Gasteiger partial charge on any atom is 0.0233 e. The average molecular weight is 254 g/mol. The minimum absolute atomic E-state index is 0.154. The minimum atomic E-state index is 0.154. The molecule has 0 aliphatic rings. The van der Waals surface area contributed by atoms with Gasteiger partial charge >= 0.3 is 0 Å². The van der Waals surface area contributed by atoms with Crippen molar-refractivity contribution in [2.75, 3.05) is 12.3 Å². The predicted molar refractivity (Wildman–Crippen MR) is 80.8 cm³/mol. The first-order valence-corrected chi connectivity index (χ1v) is 8.12. The van der Waals surface area contributed by atoms with Crippen LogP contribution >= 0.6 is 17.2 Å². The molecule has 0 bridgehead atoms. The Kier molecular flexibility index (Phi) is 7.32. The summed E-state index contributed by atoms with van der Waals surface area (Å²) in [5.74, 6) is 6.53. The van der Waals surface area contributed by atoms with Gasteiger partial charge < -0.3 is 0 Å². The van der Waals surface area contributed by atoms with E-state index in [1.165, 1.54) is 12.3 Å². The van der Waals surface area contributed by atoms with Crippen LogP contribution in [0.2, 0.25) is 0 Å². The summed E-state index contributed by atoms with van der Waals surface area (Å²) in [7, 11) is 1.56. The van der Waals surface area contributed by atoms with E-state index >= 15 is 0 Å². The van der Waals surface area contributed by atoms with Gasteiger partial charge in [-0.25, -0.2) is 0 Å². The molecule has 0 aromatic heterocycles. The van der Waals surface area contributed by atoms with Crippen LogP contribution in [0.4, 0.5) is 0 Å². The Hall–Kier alpha value is -0.0200. The highest BCUT2D eigenvalue weighted by Gasteiger charge is 2.03. The van der Waals surface area contributed by atoms with Crippen LogP contribution in [0.3, 0.4) is 0 Å². The predicted octanol–water partition coefficient (Wildman–Crippen LogP) is 4.36. The minimum Gasteiger partial charge on any atom is -0.0930 e. The Morgan fingerprint density at radius 1 is 0.688 bits per heavy atom. The molecule has 90 valence electrons. The standard InChI is InChI=1S/C14H24P2/c1-13(2,3)7-9-15-11-12-16-10-8-14(4,5)6/h15-16H,11-12H2,1-6H3. The maximum atomic E-state index is 3.27. The van der Waals surface area contributed by atoms with Crippen molar-refractivity contribution in [2.45, 2.75) is 41.5 Å². The van der Waals surface area contributed by atoms with Gasteiger partial charge in [-0.1, -0.05) is 23.2 Å². The highest BCUT2D eigenvalue weighted by molar-refractivity contribution is 7.48. The van der Waals surface area contributed by atoms with Crippen LogP contribution in [0, 0.1) is 34.0 Å². The van der Waals surface area contributed by atoms with Gasteiger partial charge in [0.1, 0.15) is 0 Å². The molecule has 2 heteroatoms. The van der Waals surface area contributed by atoms with Crippen molar-refractivity contribution in [3.05, 3.63) is 0 Å². The Morgan fingerprint density at radius 2 is 1.00 bits per heavy atom. The highest BCUT2D eigenvalue weighted by Crippen LogP contribution is 2.18. The Balaban J connectivity index is 3.61. The van der Waals surface area contributed by atoms with Crippen LogP contribution < -0.4 is 0 Å². The van der Waals surface area contributed by atoms with Crippen molar-refractivity contribution in [1.29, 1.82) is 0 Å². The fraction of sp³-hybridized carbons (Fsp3) is 0.714. The normalized spacial score (nSPS) is 12.6. The first-order chi connectivity index (χ1) is 7.21.